The summed E-state index contributed by atoms with van der Waals surface area (Å²) in [5, 5.41) is 13.7. The average molecular weight is 399 g/mol. The minimum Gasteiger partial charge on any atom is -0.507 e. The molecule has 2 N–H and O–H groups in total. The highest BCUT2D eigenvalue weighted by atomic mass is 35.5. The molecule has 0 spiro atoms. The summed E-state index contributed by atoms with van der Waals surface area (Å²) in [5.74, 6) is 0.519. The van der Waals surface area contributed by atoms with Gasteiger partial charge in [-0.05, 0) is 11.6 Å². The molecule has 2 aromatic carbocycles. The summed E-state index contributed by atoms with van der Waals surface area (Å²) in [6.45, 7) is 3.28. The van der Waals surface area contributed by atoms with E-state index in [0.717, 1.165) is 18.7 Å². The lowest BCUT2D eigenvalue weighted by atomic mass is 10.00. The van der Waals surface area contributed by atoms with E-state index in [0.29, 0.717) is 31.0 Å². The molecule has 3 rings (SSSR count). The fraction of sp³-hybridized carbons (Fsp3) is 0.400. The van der Waals surface area contributed by atoms with E-state index in [4.69, 9.17) is 4.74 Å². The zero-order valence-corrected chi connectivity index (χ0v) is 15.8. The van der Waals surface area contributed by atoms with Crippen LogP contribution in [0, 0.1) is 0 Å². The molecule has 1 aliphatic rings. The van der Waals surface area contributed by atoms with E-state index in [1.165, 1.54) is 6.07 Å². The predicted octanol–water partition coefficient (Wildman–Crippen LogP) is 3.99. The number of nitrogens with zero attached hydrogens (tertiary/aromatic N) is 1. The molecule has 1 saturated heterocycles. The normalized spacial score (nSPS) is 16.0. The zero-order valence-electron chi connectivity index (χ0n) is 15.0. The highest BCUT2D eigenvalue weighted by Crippen LogP contribution is 2.35. The van der Waals surface area contributed by atoms with Gasteiger partial charge < -0.3 is 15.2 Å². The van der Waals surface area contributed by atoms with Crippen molar-refractivity contribution >= 4 is 12.4 Å². The van der Waals surface area contributed by atoms with E-state index in [-0.39, 0.29) is 24.6 Å². The van der Waals surface area contributed by atoms with Crippen molar-refractivity contribution in [3.05, 3.63) is 59.7 Å². The summed E-state index contributed by atoms with van der Waals surface area (Å²) in [6, 6.07) is 14.2. The topological polar surface area (TPSA) is 44.7 Å². The number of hydrogen-bond acceptors (Lipinski definition) is 4. The van der Waals surface area contributed by atoms with E-state index >= 15 is 0 Å². The van der Waals surface area contributed by atoms with E-state index in [1.54, 1.807) is 12.1 Å². The molecule has 4 nitrogen and oxygen atoms in total. The molecular formula is C20H25ClF2N2O2. The van der Waals surface area contributed by atoms with Crippen LogP contribution in [-0.2, 0) is 6.61 Å². The van der Waals surface area contributed by atoms with Gasteiger partial charge in [-0.3, -0.25) is 4.90 Å². The molecule has 0 aromatic heterocycles. The van der Waals surface area contributed by atoms with Gasteiger partial charge in [-0.1, -0.05) is 36.4 Å². The minimum atomic E-state index is -2.43. The number of rotatable bonds is 7. The Labute approximate surface area is 164 Å². The third kappa shape index (κ3) is 6.06. The van der Waals surface area contributed by atoms with Gasteiger partial charge in [0.25, 0.3) is 0 Å². The Balaban J connectivity index is 0.00000261. The molecule has 27 heavy (non-hydrogen) atoms. The first kappa shape index (κ1) is 21.4. The van der Waals surface area contributed by atoms with Gasteiger partial charge in [0.15, 0.2) is 0 Å². The molecule has 2 aromatic rings. The number of halogens is 3. The number of phenols is 1. The molecule has 0 amide bonds. The largest absolute Gasteiger partial charge is 0.507 e. The van der Waals surface area contributed by atoms with Crippen LogP contribution in [0.15, 0.2) is 48.5 Å². The summed E-state index contributed by atoms with van der Waals surface area (Å²) in [6.07, 6.45) is -2.72. The molecule has 7 heteroatoms. The van der Waals surface area contributed by atoms with Crippen molar-refractivity contribution in [2.24, 2.45) is 0 Å². The van der Waals surface area contributed by atoms with Crippen molar-refractivity contribution in [2.45, 2.75) is 25.5 Å². The van der Waals surface area contributed by atoms with Crippen molar-refractivity contribution in [3.8, 4) is 11.5 Å². The molecule has 148 valence electrons. The number of aromatic hydroxyl groups is 1. The Morgan fingerprint density at radius 2 is 1.78 bits per heavy atom. The first-order valence-corrected chi connectivity index (χ1v) is 8.86. The smallest absolute Gasteiger partial charge is 0.240 e. The number of benzene rings is 2. The van der Waals surface area contributed by atoms with Crippen molar-refractivity contribution in [3.63, 3.8) is 0 Å². The Bertz CT molecular complexity index is 698. The number of alkyl halides is 2. The molecule has 0 saturated carbocycles. The Morgan fingerprint density at radius 1 is 1.07 bits per heavy atom. The van der Waals surface area contributed by atoms with Gasteiger partial charge >= 0.3 is 0 Å². The third-order valence-electron chi connectivity index (χ3n) is 4.60. The average Bonchev–Trinajstić information content (AvgIpc) is 2.66. The second kappa shape index (κ2) is 10.4. The first-order chi connectivity index (χ1) is 12.6. The van der Waals surface area contributed by atoms with Gasteiger partial charge in [-0.15, -0.1) is 12.4 Å². The Kier molecular flexibility index (Phi) is 8.28. The van der Waals surface area contributed by atoms with Crippen LogP contribution in [0.2, 0.25) is 0 Å². The second-order valence-electron chi connectivity index (χ2n) is 6.42. The first-order valence-electron chi connectivity index (χ1n) is 8.86. The maximum atomic E-state index is 13.1. The van der Waals surface area contributed by atoms with E-state index in [1.807, 2.05) is 35.2 Å². The summed E-state index contributed by atoms with van der Waals surface area (Å²) >= 11 is 0. The fourth-order valence-corrected chi connectivity index (χ4v) is 3.27. The third-order valence-corrected chi connectivity index (χ3v) is 4.60. The lowest BCUT2D eigenvalue weighted by Gasteiger charge is -2.35. The van der Waals surface area contributed by atoms with E-state index in [9.17, 15) is 13.9 Å². The molecule has 0 bridgehead atoms. The fourth-order valence-electron chi connectivity index (χ4n) is 3.27. The number of nitrogens with one attached hydrogen (secondary N) is 1. The van der Waals surface area contributed by atoms with Crippen LogP contribution in [-0.4, -0.2) is 42.6 Å². The van der Waals surface area contributed by atoms with Crippen LogP contribution in [0.25, 0.3) is 0 Å². The monoisotopic (exact) mass is 398 g/mol. The number of phenolic OH excluding ortho intramolecular Hbond substituents is 1. The molecule has 0 radical (unpaired) electrons. The highest BCUT2D eigenvalue weighted by Gasteiger charge is 2.27. The number of ether oxygens (including phenoxy) is 1. The van der Waals surface area contributed by atoms with Crippen LogP contribution in [0.3, 0.4) is 0 Å². The molecule has 0 aliphatic carbocycles. The molecule has 1 heterocycles. The predicted molar refractivity (Wildman–Crippen MR) is 104 cm³/mol. The van der Waals surface area contributed by atoms with Crippen LogP contribution in [0.5, 0.6) is 11.5 Å². The summed E-state index contributed by atoms with van der Waals surface area (Å²) < 4.78 is 31.9. The molecule has 0 unspecified atom stereocenters. The maximum Gasteiger partial charge on any atom is 0.240 e. The van der Waals surface area contributed by atoms with Crippen molar-refractivity contribution in [1.29, 1.82) is 0 Å². The quantitative estimate of drug-likeness (QED) is 0.740. The molecule has 1 fully saturated rings. The lowest BCUT2D eigenvalue weighted by Crippen LogP contribution is -2.45. The van der Waals surface area contributed by atoms with Gasteiger partial charge in [0.05, 0.1) is 0 Å². The van der Waals surface area contributed by atoms with Gasteiger partial charge in [0.1, 0.15) is 18.1 Å². The Morgan fingerprint density at radius 3 is 2.41 bits per heavy atom. The van der Waals surface area contributed by atoms with Crippen molar-refractivity contribution < 1.29 is 18.6 Å². The van der Waals surface area contributed by atoms with Gasteiger partial charge in [-0.25, -0.2) is 8.78 Å². The van der Waals surface area contributed by atoms with Crippen LogP contribution < -0.4 is 10.1 Å². The van der Waals surface area contributed by atoms with Crippen LogP contribution >= 0.6 is 12.4 Å². The maximum absolute atomic E-state index is 13.1. The zero-order chi connectivity index (χ0) is 18.4. The lowest BCUT2D eigenvalue weighted by molar-refractivity contribution is 0.0729. The Hall–Kier alpha value is -1.89. The van der Waals surface area contributed by atoms with Gasteiger partial charge in [0.2, 0.25) is 6.43 Å². The summed E-state index contributed by atoms with van der Waals surface area (Å²) in [4.78, 5) is 2.00. The molecule has 1 atom stereocenters. The van der Waals surface area contributed by atoms with Crippen LogP contribution in [0.4, 0.5) is 8.78 Å². The van der Waals surface area contributed by atoms with Crippen molar-refractivity contribution in [2.75, 3.05) is 26.2 Å². The van der Waals surface area contributed by atoms with Gasteiger partial charge in [0, 0.05) is 50.3 Å². The molecule has 1 aliphatic heterocycles. The standard InChI is InChI=1S/C20H24F2N2O2.ClH/c21-20(22)13-18(24-10-8-23-9-11-24)17-7-6-16(12-19(17)25)26-14-15-4-2-1-3-5-15;/h1-7,12,18,20,23,25H,8-11,13-14H2;1H/t18-;/m0./s1. The highest BCUT2D eigenvalue weighted by molar-refractivity contribution is 5.85. The van der Waals surface area contributed by atoms with E-state index < -0.39 is 12.5 Å². The van der Waals surface area contributed by atoms with Crippen LogP contribution in [0.1, 0.15) is 23.6 Å². The van der Waals surface area contributed by atoms with Gasteiger partial charge in [-0.2, -0.15) is 0 Å². The second-order valence-corrected chi connectivity index (χ2v) is 6.42. The minimum absolute atomic E-state index is 0. The SMILES string of the molecule is Cl.Oc1cc(OCc2ccccc2)ccc1[C@H](CC(F)F)N1CCNCC1. The molecular weight excluding hydrogens is 374 g/mol. The summed E-state index contributed by atoms with van der Waals surface area (Å²) in [5.41, 5.74) is 1.55. The number of piperazine rings is 1. The number of hydrogen-bond donors (Lipinski definition) is 2. The van der Waals surface area contributed by atoms with Crippen molar-refractivity contribution in [1.82, 2.24) is 10.2 Å². The summed E-state index contributed by atoms with van der Waals surface area (Å²) in [7, 11) is 0. The van der Waals surface area contributed by atoms with E-state index in [2.05, 4.69) is 5.32 Å².